The fourth-order valence-corrected chi connectivity index (χ4v) is 3.58. The van der Waals surface area contributed by atoms with E-state index in [0.29, 0.717) is 29.6 Å². The van der Waals surface area contributed by atoms with Crippen molar-refractivity contribution in [1.29, 1.82) is 0 Å². The highest BCUT2D eigenvalue weighted by molar-refractivity contribution is 5.92. The van der Waals surface area contributed by atoms with E-state index in [0.717, 1.165) is 11.1 Å². The number of esters is 1. The first-order chi connectivity index (χ1) is 15.1. The Balaban J connectivity index is 1.66. The molecule has 0 saturated heterocycles. The first kappa shape index (κ1) is 20.4. The molecule has 1 aliphatic heterocycles. The van der Waals surface area contributed by atoms with Gasteiger partial charge in [0, 0.05) is 5.70 Å². The molecular weight excluding hydrogens is 392 g/mol. The van der Waals surface area contributed by atoms with E-state index in [1.165, 1.54) is 11.9 Å². The van der Waals surface area contributed by atoms with Gasteiger partial charge in [-0.2, -0.15) is 10.1 Å². The standard InChI is InChI=1S/C24H24N4O3/c1-4-12-30-23(29)21-17(3)27-24-25-15-26-28(24)22(21)18-10-7-11-20(13-18)31-14-19-9-6-5-8-16(19)2/h4-11,13,15,22H,1,12,14H2,2-3H3,(H,25,26,27). The van der Waals surface area contributed by atoms with Crippen molar-refractivity contribution < 1.29 is 14.3 Å². The molecule has 7 nitrogen and oxygen atoms in total. The second-order valence-corrected chi connectivity index (χ2v) is 7.27. The van der Waals surface area contributed by atoms with E-state index in [-0.39, 0.29) is 6.61 Å². The SMILES string of the molecule is C=CCOC(=O)C1=C(C)Nc2ncnn2C1c1cccc(OCc2ccccc2C)c1. The molecule has 4 rings (SSSR count). The van der Waals surface area contributed by atoms with Crippen molar-refractivity contribution in [2.45, 2.75) is 26.5 Å². The van der Waals surface area contributed by atoms with Gasteiger partial charge in [0.05, 0.1) is 5.57 Å². The van der Waals surface area contributed by atoms with E-state index in [1.54, 1.807) is 10.8 Å². The maximum Gasteiger partial charge on any atom is 0.338 e. The molecule has 3 aromatic rings. The highest BCUT2D eigenvalue weighted by Crippen LogP contribution is 2.36. The third-order valence-electron chi connectivity index (χ3n) is 5.18. The number of anilines is 1. The number of carbonyl (C=O) groups is 1. The molecule has 0 saturated carbocycles. The molecule has 0 aliphatic carbocycles. The topological polar surface area (TPSA) is 78.3 Å². The second-order valence-electron chi connectivity index (χ2n) is 7.27. The molecule has 31 heavy (non-hydrogen) atoms. The fourth-order valence-electron chi connectivity index (χ4n) is 3.58. The average molecular weight is 416 g/mol. The number of carbonyl (C=O) groups excluding carboxylic acids is 1. The Morgan fingerprint density at radius 3 is 2.87 bits per heavy atom. The van der Waals surface area contributed by atoms with Crippen LogP contribution in [0.3, 0.4) is 0 Å². The lowest BCUT2D eigenvalue weighted by Gasteiger charge is -2.28. The van der Waals surface area contributed by atoms with Crippen LogP contribution < -0.4 is 10.1 Å². The Kier molecular flexibility index (Phi) is 5.84. The molecule has 0 spiro atoms. The van der Waals surface area contributed by atoms with Gasteiger partial charge in [-0.05, 0) is 42.7 Å². The number of aromatic nitrogens is 3. The number of allylic oxidation sites excluding steroid dienone is 1. The van der Waals surface area contributed by atoms with Crippen molar-refractivity contribution in [2.75, 3.05) is 11.9 Å². The summed E-state index contributed by atoms with van der Waals surface area (Å²) in [5, 5.41) is 7.46. The van der Waals surface area contributed by atoms with Crippen LogP contribution in [0.2, 0.25) is 0 Å². The molecule has 1 N–H and O–H groups in total. The van der Waals surface area contributed by atoms with Crippen LogP contribution in [0.1, 0.15) is 29.7 Å². The smallest absolute Gasteiger partial charge is 0.338 e. The van der Waals surface area contributed by atoms with Crippen LogP contribution in [0.15, 0.2) is 78.8 Å². The first-order valence-corrected chi connectivity index (χ1v) is 10.0. The van der Waals surface area contributed by atoms with Gasteiger partial charge in [-0.25, -0.2) is 9.48 Å². The van der Waals surface area contributed by atoms with E-state index >= 15 is 0 Å². The molecule has 1 unspecified atom stereocenters. The van der Waals surface area contributed by atoms with Crippen LogP contribution in [0.4, 0.5) is 5.95 Å². The maximum atomic E-state index is 12.9. The Hall–Kier alpha value is -3.87. The number of benzene rings is 2. The predicted molar refractivity (Wildman–Crippen MR) is 118 cm³/mol. The van der Waals surface area contributed by atoms with Crippen LogP contribution in [0.5, 0.6) is 5.75 Å². The summed E-state index contributed by atoms with van der Waals surface area (Å²) in [4.78, 5) is 17.1. The van der Waals surface area contributed by atoms with Crippen molar-refractivity contribution in [3.8, 4) is 5.75 Å². The van der Waals surface area contributed by atoms with E-state index in [2.05, 4.69) is 35.0 Å². The van der Waals surface area contributed by atoms with Crippen LogP contribution in [-0.4, -0.2) is 27.3 Å². The number of nitrogens with one attached hydrogen (secondary N) is 1. The van der Waals surface area contributed by atoms with Gasteiger partial charge in [0.15, 0.2) is 0 Å². The summed E-state index contributed by atoms with van der Waals surface area (Å²) in [5.74, 6) is 0.841. The number of fused-ring (bicyclic) bond motifs is 1. The van der Waals surface area contributed by atoms with Crippen molar-refractivity contribution in [3.63, 3.8) is 0 Å². The molecule has 1 atom stereocenters. The molecule has 0 fully saturated rings. The van der Waals surface area contributed by atoms with Crippen molar-refractivity contribution in [2.24, 2.45) is 0 Å². The summed E-state index contributed by atoms with van der Waals surface area (Å²) in [6, 6.07) is 15.3. The molecule has 0 bridgehead atoms. The van der Waals surface area contributed by atoms with E-state index in [9.17, 15) is 4.79 Å². The van der Waals surface area contributed by atoms with Gasteiger partial charge in [-0.3, -0.25) is 0 Å². The van der Waals surface area contributed by atoms with Crippen LogP contribution >= 0.6 is 0 Å². The fraction of sp³-hybridized carbons (Fsp3) is 0.208. The highest BCUT2D eigenvalue weighted by Gasteiger charge is 2.34. The number of rotatable bonds is 7. The van der Waals surface area contributed by atoms with Crippen molar-refractivity contribution in [3.05, 3.63) is 95.5 Å². The van der Waals surface area contributed by atoms with Gasteiger partial charge < -0.3 is 14.8 Å². The number of aryl methyl sites for hydroxylation is 1. The van der Waals surface area contributed by atoms with E-state index < -0.39 is 12.0 Å². The summed E-state index contributed by atoms with van der Waals surface area (Å²) < 4.78 is 13.1. The van der Waals surface area contributed by atoms with Gasteiger partial charge in [0.1, 0.15) is 31.3 Å². The number of nitrogens with zero attached hydrogens (tertiary/aromatic N) is 3. The summed E-state index contributed by atoms with van der Waals surface area (Å²) in [5.41, 5.74) is 4.29. The first-order valence-electron chi connectivity index (χ1n) is 10.0. The minimum absolute atomic E-state index is 0.131. The quantitative estimate of drug-likeness (QED) is 0.460. The lowest BCUT2D eigenvalue weighted by atomic mass is 9.95. The number of hydrogen-bond acceptors (Lipinski definition) is 6. The van der Waals surface area contributed by atoms with Gasteiger partial charge in [-0.15, -0.1) is 0 Å². The average Bonchev–Trinajstić information content (AvgIpc) is 3.24. The minimum atomic E-state index is -0.488. The molecule has 2 heterocycles. The Morgan fingerprint density at radius 1 is 1.23 bits per heavy atom. The summed E-state index contributed by atoms with van der Waals surface area (Å²) >= 11 is 0. The highest BCUT2D eigenvalue weighted by atomic mass is 16.5. The van der Waals surface area contributed by atoms with Gasteiger partial charge in [0.25, 0.3) is 0 Å². The molecule has 0 radical (unpaired) electrons. The molecular formula is C24H24N4O3. The van der Waals surface area contributed by atoms with Crippen LogP contribution in [0, 0.1) is 6.92 Å². The monoisotopic (exact) mass is 416 g/mol. The minimum Gasteiger partial charge on any atom is -0.489 e. The molecule has 2 aromatic carbocycles. The van der Waals surface area contributed by atoms with Crippen LogP contribution in [-0.2, 0) is 16.1 Å². The zero-order valence-corrected chi connectivity index (χ0v) is 17.5. The number of ether oxygens (including phenoxy) is 2. The van der Waals surface area contributed by atoms with Gasteiger partial charge in [-0.1, -0.05) is 49.1 Å². The lowest BCUT2D eigenvalue weighted by Crippen LogP contribution is -2.29. The molecule has 158 valence electrons. The predicted octanol–water partition coefficient (Wildman–Crippen LogP) is 4.18. The molecule has 1 aromatic heterocycles. The third-order valence-corrected chi connectivity index (χ3v) is 5.18. The normalized spacial score (nSPS) is 15.1. The summed E-state index contributed by atoms with van der Waals surface area (Å²) in [6.45, 7) is 8.09. The number of hydrogen-bond donors (Lipinski definition) is 1. The zero-order chi connectivity index (χ0) is 21.8. The van der Waals surface area contributed by atoms with Crippen molar-refractivity contribution in [1.82, 2.24) is 14.8 Å². The second kappa shape index (κ2) is 8.87. The summed E-state index contributed by atoms with van der Waals surface area (Å²) in [6.07, 6.45) is 3.00. The van der Waals surface area contributed by atoms with E-state index in [4.69, 9.17) is 9.47 Å². The maximum absolute atomic E-state index is 12.9. The molecule has 7 heteroatoms. The Bertz CT molecular complexity index is 1150. The van der Waals surface area contributed by atoms with Gasteiger partial charge in [0.2, 0.25) is 5.95 Å². The lowest BCUT2D eigenvalue weighted by molar-refractivity contribution is -0.138. The Labute approximate surface area is 181 Å². The third kappa shape index (κ3) is 4.21. The Morgan fingerprint density at radius 2 is 2.06 bits per heavy atom. The summed E-state index contributed by atoms with van der Waals surface area (Å²) in [7, 11) is 0. The molecule has 1 aliphatic rings. The largest absolute Gasteiger partial charge is 0.489 e. The van der Waals surface area contributed by atoms with Crippen LogP contribution in [0.25, 0.3) is 0 Å². The van der Waals surface area contributed by atoms with Crippen molar-refractivity contribution >= 4 is 11.9 Å². The zero-order valence-electron chi connectivity index (χ0n) is 17.5. The molecule has 0 amide bonds. The van der Waals surface area contributed by atoms with Gasteiger partial charge >= 0.3 is 5.97 Å². The van der Waals surface area contributed by atoms with E-state index in [1.807, 2.05) is 49.4 Å².